The van der Waals surface area contributed by atoms with Crippen LogP contribution in [0.5, 0.6) is 0 Å². The van der Waals surface area contributed by atoms with Crippen molar-refractivity contribution >= 4 is 0 Å². The van der Waals surface area contributed by atoms with Gasteiger partial charge in [0, 0.05) is 32.3 Å². The van der Waals surface area contributed by atoms with Crippen LogP contribution in [-0.2, 0) is 9.47 Å². The van der Waals surface area contributed by atoms with Crippen LogP contribution < -0.4 is 5.73 Å². The Labute approximate surface area is 110 Å². The van der Waals surface area contributed by atoms with Crippen LogP contribution in [0.3, 0.4) is 0 Å². The van der Waals surface area contributed by atoms with E-state index in [-0.39, 0.29) is 5.54 Å². The third kappa shape index (κ3) is 2.20. The van der Waals surface area contributed by atoms with Gasteiger partial charge in [0.2, 0.25) is 0 Å². The number of morpholine rings is 1. The number of hydrogen-bond acceptors (Lipinski definition) is 4. The second-order valence-electron chi connectivity index (χ2n) is 6.24. The Balaban J connectivity index is 1.74. The number of methoxy groups -OCH3 is 1. The molecular formula is C14H26N2O2. The smallest absolute Gasteiger partial charge is 0.0707 e. The second-order valence-corrected chi connectivity index (χ2v) is 6.24. The molecule has 4 atom stereocenters. The predicted molar refractivity (Wildman–Crippen MR) is 70.5 cm³/mol. The molecule has 2 N–H and O–H groups in total. The van der Waals surface area contributed by atoms with Crippen LogP contribution in [0.2, 0.25) is 0 Å². The zero-order chi connectivity index (χ0) is 12.6. The van der Waals surface area contributed by atoms with E-state index in [1.54, 1.807) is 0 Å². The first-order valence-electron chi connectivity index (χ1n) is 7.39. The van der Waals surface area contributed by atoms with Gasteiger partial charge in [-0.2, -0.15) is 0 Å². The molecule has 3 fully saturated rings. The number of fused-ring (bicyclic) bond motifs is 2. The molecule has 0 aromatic carbocycles. The number of nitrogens with zero attached hydrogens (tertiary/aromatic N) is 1. The Morgan fingerprint density at radius 1 is 1.28 bits per heavy atom. The summed E-state index contributed by atoms with van der Waals surface area (Å²) < 4.78 is 11.5. The van der Waals surface area contributed by atoms with Crippen LogP contribution in [0.1, 0.15) is 38.5 Å². The highest BCUT2D eigenvalue weighted by Crippen LogP contribution is 2.38. The van der Waals surface area contributed by atoms with Crippen LogP contribution in [0.4, 0.5) is 0 Å². The number of hydrogen-bond donors (Lipinski definition) is 1. The SMILES string of the molecule is COC1CCCC(CN)(N2CC3CCC(C2)O3)C1. The van der Waals surface area contributed by atoms with Crippen molar-refractivity contribution in [2.24, 2.45) is 5.73 Å². The molecule has 4 unspecified atom stereocenters. The van der Waals surface area contributed by atoms with E-state index < -0.39 is 0 Å². The number of ether oxygens (including phenoxy) is 2. The molecule has 0 spiro atoms. The predicted octanol–water partition coefficient (Wildman–Crippen LogP) is 1.14. The van der Waals surface area contributed by atoms with Gasteiger partial charge in [-0.3, -0.25) is 4.90 Å². The molecule has 1 aliphatic carbocycles. The topological polar surface area (TPSA) is 47.7 Å². The standard InChI is InChI=1S/C14H26N2O2/c1-17-11-3-2-6-14(7-11,10-15)16-8-12-4-5-13(9-16)18-12/h11-13H,2-10,15H2,1H3. The molecule has 0 aromatic heterocycles. The molecule has 3 rings (SSSR count). The zero-order valence-electron chi connectivity index (χ0n) is 11.4. The lowest BCUT2D eigenvalue weighted by molar-refractivity contribution is -0.101. The van der Waals surface area contributed by atoms with Crippen molar-refractivity contribution in [1.82, 2.24) is 4.90 Å². The van der Waals surface area contributed by atoms with E-state index in [1.165, 1.54) is 32.1 Å². The first-order chi connectivity index (χ1) is 8.75. The molecule has 2 heterocycles. The minimum absolute atomic E-state index is 0.170. The highest BCUT2D eigenvalue weighted by molar-refractivity contribution is 5.01. The zero-order valence-corrected chi connectivity index (χ0v) is 11.4. The number of rotatable bonds is 3. The summed E-state index contributed by atoms with van der Waals surface area (Å²) in [6, 6.07) is 0. The molecule has 4 heteroatoms. The summed E-state index contributed by atoms with van der Waals surface area (Å²) in [6.07, 6.45) is 8.51. The van der Waals surface area contributed by atoms with Crippen molar-refractivity contribution in [2.45, 2.75) is 62.4 Å². The maximum absolute atomic E-state index is 6.16. The van der Waals surface area contributed by atoms with Crippen LogP contribution in [-0.4, -0.2) is 55.5 Å². The number of likely N-dealkylation sites (tertiary alicyclic amines) is 1. The summed E-state index contributed by atoms with van der Waals surface area (Å²) >= 11 is 0. The minimum Gasteiger partial charge on any atom is -0.381 e. The molecular weight excluding hydrogens is 228 g/mol. The van der Waals surface area contributed by atoms with E-state index in [1.807, 2.05) is 7.11 Å². The molecule has 4 nitrogen and oxygen atoms in total. The van der Waals surface area contributed by atoms with Crippen molar-refractivity contribution in [3.05, 3.63) is 0 Å². The molecule has 0 aromatic rings. The molecule has 0 radical (unpaired) electrons. The quantitative estimate of drug-likeness (QED) is 0.820. The van der Waals surface area contributed by atoms with E-state index in [9.17, 15) is 0 Å². The van der Waals surface area contributed by atoms with E-state index in [4.69, 9.17) is 15.2 Å². The minimum atomic E-state index is 0.170. The van der Waals surface area contributed by atoms with Gasteiger partial charge in [0.25, 0.3) is 0 Å². The van der Waals surface area contributed by atoms with Crippen molar-refractivity contribution < 1.29 is 9.47 Å². The van der Waals surface area contributed by atoms with Gasteiger partial charge in [-0.1, -0.05) is 0 Å². The van der Waals surface area contributed by atoms with Crippen molar-refractivity contribution in [3.63, 3.8) is 0 Å². The molecule has 2 bridgehead atoms. The van der Waals surface area contributed by atoms with Gasteiger partial charge in [0.05, 0.1) is 18.3 Å². The van der Waals surface area contributed by atoms with Crippen LogP contribution in [0.25, 0.3) is 0 Å². The van der Waals surface area contributed by atoms with Gasteiger partial charge >= 0.3 is 0 Å². The molecule has 1 saturated carbocycles. The Hall–Kier alpha value is -0.160. The molecule has 2 aliphatic heterocycles. The third-order valence-electron chi connectivity index (χ3n) is 5.20. The molecule has 0 amide bonds. The van der Waals surface area contributed by atoms with Gasteiger partial charge < -0.3 is 15.2 Å². The fourth-order valence-corrected chi connectivity index (χ4v) is 4.09. The highest BCUT2D eigenvalue weighted by atomic mass is 16.5. The molecule has 18 heavy (non-hydrogen) atoms. The largest absolute Gasteiger partial charge is 0.381 e. The van der Waals surface area contributed by atoms with E-state index in [0.717, 1.165) is 26.1 Å². The summed E-state index contributed by atoms with van der Waals surface area (Å²) in [7, 11) is 1.83. The first-order valence-corrected chi connectivity index (χ1v) is 7.39. The fraction of sp³-hybridized carbons (Fsp3) is 1.00. The van der Waals surface area contributed by atoms with E-state index >= 15 is 0 Å². The first kappa shape index (κ1) is 12.9. The fourth-order valence-electron chi connectivity index (χ4n) is 4.09. The van der Waals surface area contributed by atoms with Crippen LogP contribution in [0.15, 0.2) is 0 Å². The maximum Gasteiger partial charge on any atom is 0.0707 e. The van der Waals surface area contributed by atoms with Gasteiger partial charge in [-0.05, 0) is 38.5 Å². The van der Waals surface area contributed by atoms with E-state index in [2.05, 4.69) is 4.90 Å². The van der Waals surface area contributed by atoms with Gasteiger partial charge in [-0.25, -0.2) is 0 Å². The lowest BCUT2D eigenvalue weighted by atomic mass is 9.78. The average Bonchev–Trinajstić information content (AvgIpc) is 2.77. The van der Waals surface area contributed by atoms with Crippen molar-refractivity contribution in [1.29, 1.82) is 0 Å². The average molecular weight is 254 g/mol. The summed E-state index contributed by atoms with van der Waals surface area (Å²) in [5.74, 6) is 0. The highest BCUT2D eigenvalue weighted by Gasteiger charge is 2.45. The van der Waals surface area contributed by atoms with Crippen LogP contribution in [0, 0.1) is 0 Å². The summed E-state index contributed by atoms with van der Waals surface area (Å²) in [5.41, 5.74) is 6.33. The normalized spacial score (nSPS) is 45.3. The maximum atomic E-state index is 6.16. The summed E-state index contributed by atoms with van der Waals surface area (Å²) in [5, 5.41) is 0. The molecule has 2 saturated heterocycles. The lowest BCUT2D eigenvalue weighted by Gasteiger charge is -2.50. The Morgan fingerprint density at radius 2 is 2.00 bits per heavy atom. The summed E-state index contributed by atoms with van der Waals surface area (Å²) in [6.45, 7) is 2.90. The third-order valence-corrected chi connectivity index (χ3v) is 5.20. The van der Waals surface area contributed by atoms with Gasteiger partial charge in [-0.15, -0.1) is 0 Å². The number of nitrogens with two attached hydrogens (primary N) is 1. The molecule has 104 valence electrons. The Bertz CT molecular complexity index is 288. The molecule has 3 aliphatic rings. The Morgan fingerprint density at radius 3 is 2.61 bits per heavy atom. The second kappa shape index (κ2) is 5.08. The monoisotopic (exact) mass is 254 g/mol. The van der Waals surface area contributed by atoms with Crippen molar-refractivity contribution in [2.75, 3.05) is 26.7 Å². The summed E-state index contributed by atoms with van der Waals surface area (Å²) in [4.78, 5) is 2.63. The van der Waals surface area contributed by atoms with Crippen molar-refractivity contribution in [3.8, 4) is 0 Å². The Kier molecular flexibility index (Phi) is 3.63. The van der Waals surface area contributed by atoms with Gasteiger partial charge in [0.1, 0.15) is 0 Å². The lowest BCUT2D eigenvalue weighted by Crippen LogP contribution is -2.61. The van der Waals surface area contributed by atoms with Crippen LogP contribution >= 0.6 is 0 Å². The van der Waals surface area contributed by atoms with Gasteiger partial charge in [0.15, 0.2) is 0 Å². The van der Waals surface area contributed by atoms with E-state index in [0.29, 0.717) is 18.3 Å².